The standard InChI is InChI=1S/C12H22O11/c13-1-3(15)9-7(18)8(19)12(22-9)23-10-6(17)5(16)4(2-14)21-11(10)20/h3-20H,1-2H2. The molecule has 2 aliphatic rings. The first-order valence-electron chi connectivity index (χ1n) is 7.08. The third-order valence-corrected chi connectivity index (χ3v) is 3.96. The lowest BCUT2D eigenvalue weighted by Crippen LogP contribution is -2.60. The van der Waals surface area contributed by atoms with E-state index in [0.717, 1.165) is 0 Å². The van der Waals surface area contributed by atoms with Crippen LogP contribution in [0.2, 0.25) is 0 Å². The molecular formula is C12H22O11. The Balaban J connectivity index is 2.03. The van der Waals surface area contributed by atoms with Crippen molar-refractivity contribution < 1.29 is 55.1 Å². The zero-order chi connectivity index (χ0) is 17.3. The van der Waals surface area contributed by atoms with E-state index in [1.54, 1.807) is 0 Å². The highest BCUT2D eigenvalue weighted by molar-refractivity contribution is 4.94. The first kappa shape index (κ1) is 18.9. The molecule has 0 aliphatic carbocycles. The van der Waals surface area contributed by atoms with E-state index in [0.29, 0.717) is 0 Å². The van der Waals surface area contributed by atoms with Gasteiger partial charge in [0.25, 0.3) is 0 Å². The van der Waals surface area contributed by atoms with Gasteiger partial charge in [-0.2, -0.15) is 0 Å². The predicted octanol–water partition coefficient (Wildman–Crippen LogP) is -5.40. The van der Waals surface area contributed by atoms with Crippen molar-refractivity contribution in [1.29, 1.82) is 0 Å². The molecule has 23 heavy (non-hydrogen) atoms. The van der Waals surface area contributed by atoms with Gasteiger partial charge in [0.2, 0.25) is 0 Å². The van der Waals surface area contributed by atoms with Crippen LogP contribution in [0.5, 0.6) is 0 Å². The molecule has 0 spiro atoms. The van der Waals surface area contributed by atoms with E-state index in [1.165, 1.54) is 0 Å². The SMILES string of the molecule is OCC(O)C1OC(OC2C(O)OC(CO)C(O)C2O)C(O)C1O. The van der Waals surface area contributed by atoms with Gasteiger partial charge in [-0.1, -0.05) is 0 Å². The topological polar surface area (TPSA) is 190 Å². The van der Waals surface area contributed by atoms with Crippen LogP contribution in [0.1, 0.15) is 0 Å². The molecule has 0 saturated carbocycles. The fourth-order valence-electron chi connectivity index (χ4n) is 2.58. The second kappa shape index (κ2) is 7.63. The molecule has 0 bridgehead atoms. The van der Waals surface area contributed by atoms with E-state index in [1.807, 2.05) is 0 Å². The monoisotopic (exact) mass is 342 g/mol. The van der Waals surface area contributed by atoms with Gasteiger partial charge in [0.1, 0.15) is 48.8 Å². The van der Waals surface area contributed by atoms with Gasteiger partial charge in [0.05, 0.1) is 13.2 Å². The normalized spacial score (nSPS) is 49.3. The Labute approximate surface area is 130 Å². The van der Waals surface area contributed by atoms with Crippen LogP contribution in [0, 0.1) is 0 Å². The lowest BCUT2D eigenvalue weighted by Gasteiger charge is -2.40. The number of hydrogen-bond donors (Lipinski definition) is 8. The van der Waals surface area contributed by atoms with Gasteiger partial charge < -0.3 is 55.1 Å². The largest absolute Gasteiger partial charge is 0.394 e. The zero-order valence-electron chi connectivity index (χ0n) is 12.0. The summed E-state index contributed by atoms with van der Waals surface area (Å²) in [7, 11) is 0. The van der Waals surface area contributed by atoms with Crippen molar-refractivity contribution in [3.8, 4) is 0 Å². The molecule has 10 unspecified atom stereocenters. The van der Waals surface area contributed by atoms with Crippen LogP contribution in [-0.2, 0) is 14.2 Å². The highest BCUT2D eigenvalue weighted by atomic mass is 16.7. The fourth-order valence-corrected chi connectivity index (χ4v) is 2.58. The predicted molar refractivity (Wildman–Crippen MR) is 68.6 cm³/mol. The summed E-state index contributed by atoms with van der Waals surface area (Å²) >= 11 is 0. The minimum Gasteiger partial charge on any atom is -0.394 e. The summed E-state index contributed by atoms with van der Waals surface area (Å²) in [6.07, 6.45) is -15.3. The first-order valence-corrected chi connectivity index (χ1v) is 7.08. The van der Waals surface area contributed by atoms with Crippen molar-refractivity contribution in [3.63, 3.8) is 0 Å². The molecule has 2 saturated heterocycles. The smallest absolute Gasteiger partial charge is 0.187 e. The highest BCUT2D eigenvalue weighted by Gasteiger charge is 2.51. The van der Waals surface area contributed by atoms with E-state index >= 15 is 0 Å². The summed E-state index contributed by atoms with van der Waals surface area (Å²) in [4.78, 5) is 0. The number of ether oxygens (including phenoxy) is 3. The zero-order valence-corrected chi connectivity index (χ0v) is 12.0. The summed E-state index contributed by atoms with van der Waals surface area (Å²) < 4.78 is 15.1. The lowest BCUT2D eigenvalue weighted by atomic mass is 9.99. The van der Waals surface area contributed by atoms with E-state index in [2.05, 4.69) is 0 Å². The number of hydrogen-bond acceptors (Lipinski definition) is 11. The van der Waals surface area contributed by atoms with Gasteiger partial charge in [-0.25, -0.2) is 0 Å². The van der Waals surface area contributed by atoms with E-state index in [-0.39, 0.29) is 0 Å². The Hall–Kier alpha value is -0.440. The van der Waals surface area contributed by atoms with Gasteiger partial charge in [-0.05, 0) is 0 Å². The van der Waals surface area contributed by atoms with E-state index in [4.69, 9.17) is 24.4 Å². The van der Waals surface area contributed by atoms with Crippen LogP contribution in [0.25, 0.3) is 0 Å². The van der Waals surface area contributed by atoms with Crippen LogP contribution in [0.3, 0.4) is 0 Å². The number of aliphatic hydroxyl groups is 8. The van der Waals surface area contributed by atoms with Crippen LogP contribution >= 0.6 is 0 Å². The molecule has 2 fully saturated rings. The average molecular weight is 342 g/mol. The molecule has 0 aromatic rings. The van der Waals surface area contributed by atoms with Crippen LogP contribution in [0.15, 0.2) is 0 Å². The summed E-state index contributed by atoms with van der Waals surface area (Å²) in [5.41, 5.74) is 0. The number of rotatable bonds is 5. The molecular weight excluding hydrogens is 320 g/mol. The maximum Gasteiger partial charge on any atom is 0.187 e. The van der Waals surface area contributed by atoms with E-state index in [9.17, 15) is 30.6 Å². The van der Waals surface area contributed by atoms with Crippen molar-refractivity contribution in [2.45, 2.75) is 61.4 Å². The summed E-state index contributed by atoms with van der Waals surface area (Å²) in [6, 6.07) is 0. The summed E-state index contributed by atoms with van der Waals surface area (Å²) in [5, 5.41) is 76.4. The molecule has 11 heteroatoms. The van der Waals surface area contributed by atoms with Gasteiger partial charge in [0, 0.05) is 0 Å². The first-order chi connectivity index (χ1) is 10.8. The molecule has 11 nitrogen and oxygen atoms in total. The Morgan fingerprint density at radius 3 is 2.09 bits per heavy atom. The Morgan fingerprint density at radius 1 is 0.870 bits per heavy atom. The molecule has 0 aromatic heterocycles. The second-order valence-electron chi connectivity index (χ2n) is 5.53. The molecule has 8 N–H and O–H groups in total. The minimum atomic E-state index is -1.74. The molecule has 2 aliphatic heterocycles. The lowest BCUT2D eigenvalue weighted by molar-refractivity contribution is -0.328. The van der Waals surface area contributed by atoms with Gasteiger partial charge in [0.15, 0.2) is 12.6 Å². The van der Waals surface area contributed by atoms with Crippen molar-refractivity contribution in [1.82, 2.24) is 0 Å². The maximum absolute atomic E-state index is 9.93. The van der Waals surface area contributed by atoms with Crippen molar-refractivity contribution in [3.05, 3.63) is 0 Å². The Kier molecular flexibility index (Phi) is 6.27. The fraction of sp³-hybridized carbons (Fsp3) is 1.00. The van der Waals surface area contributed by atoms with Crippen molar-refractivity contribution in [2.24, 2.45) is 0 Å². The third kappa shape index (κ3) is 3.65. The van der Waals surface area contributed by atoms with Gasteiger partial charge in [-0.3, -0.25) is 0 Å². The third-order valence-electron chi connectivity index (χ3n) is 3.96. The highest BCUT2D eigenvalue weighted by Crippen LogP contribution is 2.29. The van der Waals surface area contributed by atoms with E-state index < -0.39 is 74.6 Å². The average Bonchev–Trinajstić information content (AvgIpc) is 2.82. The molecule has 2 rings (SSSR count). The maximum atomic E-state index is 9.93. The van der Waals surface area contributed by atoms with Crippen molar-refractivity contribution >= 4 is 0 Å². The quantitative estimate of drug-likeness (QED) is 0.238. The second-order valence-corrected chi connectivity index (χ2v) is 5.53. The minimum absolute atomic E-state index is 0.645. The van der Waals surface area contributed by atoms with Crippen LogP contribution < -0.4 is 0 Å². The van der Waals surface area contributed by atoms with Crippen LogP contribution in [-0.4, -0.2) is 115 Å². The van der Waals surface area contributed by atoms with Gasteiger partial charge >= 0.3 is 0 Å². The number of aliphatic hydroxyl groups excluding tert-OH is 8. The molecule has 10 atom stereocenters. The Bertz CT molecular complexity index is 382. The molecule has 2 heterocycles. The summed E-state index contributed by atoms with van der Waals surface area (Å²) in [5.74, 6) is 0. The molecule has 0 radical (unpaired) electrons. The summed E-state index contributed by atoms with van der Waals surface area (Å²) in [6.45, 7) is -1.37. The molecule has 136 valence electrons. The molecule has 0 amide bonds. The van der Waals surface area contributed by atoms with Gasteiger partial charge in [-0.15, -0.1) is 0 Å². The molecule has 0 aromatic carbocycles. The van der Waals surface area contributed by atoms with Crippen LogP contribution in [0.4, 0.5) is 0 Å². The Morgan fingerprint density at radius 2 is 1.52 bits per heavy atom. The van der Waals surface area contributed by atoms with Crippen molar-refractivity contribution in [2.75, 3.05) is 13.2 Å².